The van der Waals surface area contributed by atoms with E-state index in [-0.39, 0.29) is 0 Å². The van der Waals surface area contributed by atoms with Gasteiger partial charge in [-0.1, -0.05) is 26.3 Å². The minimum Gasteiger partial charge on any atom is -0.311 e. The lowest BCUT2D eigenvalue weighted by atomic mass is 10.1. The van der Waals surface area contributed by atoms with Crippen LogP contribution in [0.5, 0.6) is 0 Å². The molecule has 0 amide bonds. The van der Waals surface area contributed by atoms with E-state index in [9.17, 15) is 0 Å². The second kappa shape index (κ2) is 5.48. The van der Waals surface area contributed by atoms with Crippen LogP contribution in [0.3, 0.4) is 0 Å². The maximum absolute atomic E-state index is 3.70. The number of hydrogen-bond donors (Lipinski definition) is 1. The van der Waals surface area contributed by atoms with E-state index in [2.05, 4.69) is 32.7 Å². The largest absolute Gasteiger partial charge is 0.311 e. The van der Waals surface area contributed by atoms with Gasteiger partial charge < -0.3 is 5.32 Å². The van der Waals surface area contributed by atoms with Crippen LogP contribution in [-0.4, -0.2) is 12.6 Å². The summed E-state index contributed by atoms with van der Waals surface area (Å²) in [5, 5.41) is 3.36. The fourth-order valence-electron chi connectivity index (χ4n) is 0.615. The summed E-state index contributed by atoms with van der Waals surface area (Å²) >= 11 is 0. The summed E-state index contributed by atoms with van der Waals surface area (Å²) in [4.78, 5) is 0. The molecule has 0 saturated heterocycles. The van der Waals surface area contributed by atoms with Crippen LogP contribution in [0.15, 0.2) is 12.7 Å². The van der Waals surface area contributed by atoms with Crippen molar-refractivity contribution in [3.8, 4) is 0 Å². The molecule has 60 valence electrons. The van der Waals surface area contributed by atoms with Gasteiger partial charge in [0.25, 0.3) is 0 Å². The molecule has 0 heterocycles. The van der Waals surface area contributed by atoms with Crippen molar-refractivity contribution in [2.24, 2.45) is 5.92 Å². The number of hydrogen-bond acceptors (Lipinski definition) is 1. The minimum atomic E-state index is 0.453. The summed E-state index contributed by atoms with van der Waals surface area (Å²) in [6, 6.07) is 0.453. The Labute approximate surface area is 64.5 Å². The Hall–Kier alpha value is -0.300. The molecule has 0 spiro atoms. The molecule has 1 nitrogen and oxygen atoms in total. The maximum Gasteiger partial charge on any atom is 0.0219 e. The van der Waals surface area contributed by atoms with Gasteiger partial charge in [0.2, 0.25) is 0 Å². The van der Waals surface area contributed by atoms with Crippen LogP contribution >= 0.6 is 0 Å². The molecule has 1 N–H and O–H groups in total. The second-order valence-corrected chi connectivity index (χ2v) is 2.95. The van der Waals surface area contributed by atoms with E-state index in [0.717, 1.165) is 12.5 Å². The van der Waals surface area contributed by atoms with Gasteiger partial charge in [0.05, 0.1) is 0 Å². The molecule has 0 radical (unpaired) electrons. The quantitative estimate of drug-likeness (QED) is 0.579. The highest BCUT2D eigenvalue weighted by molar-refractivity contribution is 4.81. The third-order valence-corrected chi connectivity index (χ3v) is 1.84. The molecule has 2 unspecified atom stereocenters. The SMILES string of the molecule is C=CC(C)NCC(C)CC. The third-order valence-electron chi connectivity index (χ3n) is 1.84. The van der Waals surface area contributed by atoms with Crippen molar-refractivity contribution in [3.05, 3.63) is 12.7 Å². The minimum absolute atomic E-state index is 0.453. The first-order valence-electron chi connectivity index (χ1n) is 4.06. The van der Waals surface area contributed by atoms with Gasteiger partial charge in [0.1, 0.15) is 0 Å². The Morgan fingerprint density at radius 2 is 2.10 bits per heavy atom. The molecule has 0 saturated carbocycles. The summed E-state index contributed by atoms with van der Waals surface area (Å²) in [6.07, 6.45) is 3.18. The van der Waals surface area contributed by atoms with Crippen LogP contribution in [0.4, 0.5) is 0 Å². The van der Waals surface area contributed by atoms with Gasteiger partial charge in [-0.2, -0.15) is 0 Å². The maximum atomic E-state index is 3.70. The summed E-state index contributed by atoms with van der Waals surface area (Å²) in [6.45, 7) is 11.4. The molecular formula is C9H19N. The van der Waals surface area contributed by atoms with Crippen LogP contribution in [0.25, 0.3) is 0 Å². The van der Waals surface area contributed by atoms with Gasteiger partial charge in [-0.3, -0.25) is 0 Å². The zero-order valence-electron chi connectivity index (χ0n) is 7.35. The van der Waals surface area contributed by atoms with Gasteiger partial charge in [-0.25, -0.2) is 0 Å². The Bertz CT molecular complexity index is 88.7. The molecule has 0 aromatic carbocycles. The first-order chi connectivity index (χ1) is 4.70. The van der Waals surface area contributed by atoms with Crippen molar-refractivity contribution in [2.45, 2.75) is 33.2 Å². The second-order valence-electron chi connectivity index (χ2n) is 2.95. The molecule has 0 aliphatic carbocycles. The highest BCUT2D eigenvalue weighted by atomic mass is 14.9. The zero-order chi connectivity index (χ0) is 7.98. The highest BCUT2D eigenvalue weighted by Gasteiger charge is 1.99. The summed E-state index contributed by atoms with van der Waals surface area (Å²) < 4.78 is 0. The van der Waals surface area contributed by atoms with Gasteiger partial charge >= 0.3 is 0 Å². The summed E-state index contributed by atoms with van der Waals surface area (Å²) in [5.41, 5.74) is 0. The van der Waals surface area contributed by atoms with Crippen LogP contribution in [0.1, 0.15) is 27.2 Å². The van der Waals surface area contributed by atoms with Crippen molar-refractivity contribution >= 4 is 0 Å². The van der Waals surface area contributed by atoms with Gasteiger partial charge in [0, 0.05) is 6.04 Å². The van der Waals surface area contributed by atoms with Gasteiger partial charge in [0.15, 0.2) is 0 Å². The van der Waals surface area contributed by atoms with Gasteiger partial charge in [-0.05, 0) is 19.4 Å². The van der Waals surface area contributed by atoms with E-state index in [0.29, 0.717) is 6.04 Å². The molecule has 1 heteroatoms. The molecule has 0 bridgehead atoms. The highest BCUT2D eigenvalue weighted by Crippen LogP contribution is 1.97. The average Bonchev–Trinajstić information content (AvgIpc) is 1.99. The Morgan fingerprint density at radius 3 is 2.50 bits per heavy atom. The molecule has 0 fully saturated rings. The van der Waals surface area contributed by atoms with E-state index in [1.807, 2.05) is 6.08 Å². The fraction of sp³-hybridized carbons (Fsp3) is 0.778. The lowest BCUT2D eigenvalue weighted by Gasteiger charge is -2.12. The molecule has 10 heavy (non-hydrogen) atoms. The van der Waals surface area contributed by atoms with E-state index in [1.165, 1.54) is 6.42 Å². The van der Waals surface area contributed by atoms with E-state index in [4.69, 9.17) is 0 Å². The molecule has 0 aliphatic heterocycles. The predicted molar refractivity (Wildman–Crippen MR) is 47.1 cm³/mol. The van der Waals surface area contributed by atoms with Crippen molar-refractivity contribution in [3.63, 3.8) is 0 Å². The van der Waals surface area contributed by atoms with E-state index < -0.39 is 0 Å². The van der Waals surface area contributed by atoms with Crippen LogP contribution < -0.4 is 5.32 Å². The summed E-state index contributed by atoms with van der Waals surface area (Å²) in [5.74, 6) is 0.780. The number of rotatable bonds is 5. The van der Waals surface area contributed by atoms with Crippen molar-refractivity contribution < 1.29 is 0 Å². The van der Waals surface area contributed by atoms with Gasteiger partial charge in [-0.15, -0.1) is 6.58 Å². The Morgan fingerprint density at radius 1 is 1.50 bits per heavy atom. The molecule has 2 atom stereocenters. The lowest BCUT2D eigenvalue weighted by Crippen LogP contribution is -2.28. The lowest BCUT2D eigenvalue weighted by molar-refractivity contribution is 0.483. The van der Waals surface area contributed by atoms with E-state index >= 15 is 0 Å². The van der Waals surface area contributed by atoms with Crippen molar-refractivity contribution in [1.29, 1.82) is 0 Å². The Balaban J connectivity index is 3.25. The van der Waals surface area contributed by atoms with E-state index in [1.54, 1.807) is 0 Å². The average molecular weight is 141 g/mol. The molecule has 0 aromatic rings. The molecule has 0 aliphatic rings. The van der Waals surface area contributed by atoms with Crippen LogP contribution in [0.2, 0.25) is 0 Å². The first-order valence-corrected chi connectivity index (χ1v) is 4.06. The van der Waals surface area contributed by atoms with Crippen molar-refractivity contribution in [1.82, 2.24) is 5.32 Å². The smallest absolute Gasteiger partial charge is 0.0219 e. The van der Waals surface area contributed by atoms with Crippen molar-refractivity contribution in [2.75, 3.05) is 6.54 Å². The standard InChI is InChI=1S/C9H19N/c1-5-8(3)7-10-9(4)6-2/h6,8-10H,2,5,7H2,1,3-4H3. The summed E-state index contributed by atoms with van der Waals surface area (Å²) in [7, 11) is 0. The topological polar surface area (TPSA) is 12.0 Å². The fourth-order valence-corrected chi connectivity index (χ4v) is 0.615. The molecule has 0 aromatic heterocycles. The first kappa shape index (κ1) is 9.70. The van der Waals surface area contributed by atoms with Crippen LogP contribution in [-0.2, 0) is 0 Å². The normalized spacial score (nSPS) is 16.3. The monoisotopic (exact) mass is 141 g/mol. The molecule has 0 rings (SSSR count). The number of nitrogens with one attached hydrogen (secondary N) is 1. The third kappa shape index (κ3) is 4.57. The molecular weight excluding hydrogens is 122 g/mol. The predicted octanol–water partition coefficient (Wildman–Crippen LogP) is 2.20. The Kier molecular flexibility index (Phi) is 5.32. The zero-order valence-corrected chi connectivity index (χ0v) is 7.35. The van der Waals surface area contributed by atoms with Crippen LogP contribution in [0, 0.1) is 5.92 Å².